The Morgan fingerprint density at radius 3 is 2.55 bits per heavy atom. The quantitative estimate of drug-likeness (QED) is 0.664. The van der Waals surface area contributed by atoms with E-state index in [9.17, 15) is 19.1 Å². The van der Waals surface area contributed by atoms with E-state index in [-0.39, 0.29) is 37.2 Å². The zero-order chi connectivity index (χ0) is 22.0. The smallest absolute Gasteiger partial charge is 0.286 e. The number of amides is 1. The van der Waals surface area contributed by atoms with E-state index in [4.69, 9.17) is 4.74 Å². The lowest BCUT2D eigenvalue weighted by atomic mass is 10.0. The van der Waals surface area contributed by atoms with Crippen molar-refractivity contribution in [3.63, 3.8) is 0 Å². The topological polar surface area (TPSA) is 80.6 Å². The summed E-state index contributed by atoms with van der Waals surface area (Å²) in [6.07, 6.45) is 1.41. The zero-order valence-electron chi connectivity index (χ0n) is 16.9. The first-order chi connectivity index (χ1) is 14.9. The second-order valence-electron chi connectivity index (χ2n) is 7.32. The van der Waals surface area contributed by atoms with Gasteiger partial charge in [-0.15, -0.1) is 0 Å². The molecule has 0 unspecified atom stereocenters. The summed E-state index contributed by atoms with van der Waals surface area (Å²) >= 11 is 0. The number of pyridine rings is 1. The summed E-state index contributed by atoms with van der Waals surface area (Å²) in [5.41, 5.74) is 2.62. The van der Waals surface area contributed by atoms with Crippen LogP contribution in [0.2, 0.25) is 0 Å². The second-order valence-corrected chi connectivity index (χ2v) is 7.32. The highest BCUT2D eigenvalue weighted by atomic mass is 19.1. The van der Waals surface area contributed by atoms with Crippen molar-refractivity contribution >= 4 is 12.0 Å². The van der Waals surface area contributed by atoms with Gasteiger partial charge in [-0.05, 0) is 36.3 Å². The van der Waals surface area contributed by atoms with Gasteiger partial charge in [0.1, 0.15) is 12.4 Å². The maximum Gasteiger partial charge on any atom is 0.286 e. The van der Waals surface area contributed by atoms with Gasteiger partial charge in [0.2, 0.25) is 0 Å². The molecule has 7 heteroatoms. The van der Waals surface area contributed by atoms with Crippen molar-refractivity contribution in [2.75, 3.05) is 0 Å². The summed E-state index contributed by atoms with van der Waals surface area (Å²) < 4.78 is 19.9. The molecule has 0 aliphatic carbocycles. The van der Waals surface area contributed by atoms with Crippen LogP contribution >= 0.6 is 0 Å². The highest BCUT2D eigenvalue weighted by Crippen LogP contribution is 2.28. The molecular weight excluding hydrogens is 399 g/mol. The average Bonchev–Trinajstić information content (AvgIpc) is 2.80. The molecule has 2 aromatic carbocycles. The van der Waals surface area contributed by atoms with Gasteiger partial charge in [0, 0.05) is 17.7 Å². The van der Waals surface area contributed by atoms with E-state index in [0.29, 0.717) is 16.7 Å². The van der Waals surface area contributed by atoms with E-state index in [1.165, 1.54) is 22.8 Å². The molecule has 3 aromatic rings. The summed E-state index contributed by atoms with van der Waals surface area (Å²) in [7, 11) is 0. The number of halogens is 1. The molecule has 1 amide bonds. The molecule has 0 saturated heterocycles. The molecule has 0 fully saturated rings. The Bertz CT molecular complexity index is 1220. The van der Waals surface area contributed by atoms with E-state index in [0.717, 1.165) is 11.1 Å². The van der Waals surface area contributed by atoms with Crippen molar-refractivity contribution in [2.45, 2.75) is 26.6 Å². The third kappa shape index (κ3) is 4.21. The molecule has 1 aliphatic rings. The number of carbonyl (C=O) groups is 1. The van der Waals surface area contributed by atoms with E-state index < -0.39 is 11.5 Å². The van der Waals surface area contributed by atoms with Crippen molar-refractivity contribution < 1.29 is 19.0 Å². The Balaban J connectivity index is 1.61. The molecule has 0 bridgehead atoms. The van der Waals surface area contributed by atoms with Crippen LogP contribution in [0.3, 0.4) is 0 Å². The van der Waals surface area contributed by atoms with Gasteiger partial charge in [-0.1, -0.05) is 42.5 Å². The number of aromatic hydroxyl groups is 1. The van der Waals surface area contributed by atoms with Crippen LogP contribution in [0, 0.1) is 12.7 Å². The number of benzene rings is 2. The van der Waals surface area contributed by atoms with Crippen LogP contribution in [-0.2, 0) is 29.2 Å². The Labute approximate surface area is 178 Å². The van der Waals surface area contributed by atoms with E-state index in [1.54, 1.807) is 19.1 Å². The molecule has 4 rings (SSSR count). The fourth-order valence-corrected chi connectivity index (χ4v) is 3.48. The Morgan fingerprint density at radius 2 is 1.84 bits per heavy atom. The second kappa shape index (κ2) is 8.47. The van der Waals surface area contributed by atoms with Crippen LogP contribution in [0.15, 0.2) is 65.2 Å². The van der Waals surface area contributed by atoms with Gasteiger partial charge in [0.15, 0.2) is 11.6 Å². The minimum absolute atomic E-state index is 0.00590. The third-order valence-electron chi connectivity index (χ3n) is 5.27. The number of aromatic nitrogens is 1. The summed E-state index contributed by atoms with van der Waals surface area (Å²) in [5, 5.41) is 13.3. The molecule has 0 radical (unpaired) electrons. The van der Waals surface area contributed by atoms with E-state index >= 15 is 0 Å². The fraction of sp³-hybridized carbons (Fsp3) is 0.167. The summed E-state index contributed by atoms with van der Waals surface area (Å²) in [4.78, 5) is 25.7. The zero-order valence-corrected chi connectivity index (χ0v) is 16.9. The number of hydrogen-bond acceptors (Lipinski definition) is 4. The van der Waals surface area contributed by atoms with Gasteiger partial charge in [-0.2, -0.15) is 0 Å². The Kier molecular flexibility index (Phi) is 5.58. The van der Waals surface area contributed by atoms with Gasteiger partial charge < -0.3 is 15.2 Å². The molecule has 2 heterocycles. The number of nitrogens with zero attached hydrogens (tertiary/aromatic N) is 1. The number of carbonyl (C=O) groups excluding carboxylic acids is 1. The normalized spacial score (nSPS) is 12.5. The summed E-state index contributed by atoms with van der Waals surface area (Å²) in [6.45, 7) is 2.12. The fourth-order valence-electron chi connectivity index (χ4n) is 3.48. The number of hydrogen-bond donors (Lipinski definition) is 2. The molecule has 31 heavy (non-hydrogen) atoms. The van der Waals surface area contributed by atoms with Crippen LogP contribution in [0.4, 0.5) is 4.39 Å². The van der Waals surface area contributed by atoms with Gasteiger partial charge in [-0.25, -0.2) is 4.39 Å². The van der Waals surface area contributed by atoms with Gasteiger partial charge >= 0.3 is 0 Å². The first-order valence-electron chi connectivity index (χ1n) is 9.80. The van der Waals surface area contributed by atoms with Gasteiger partial charge in [0.25, 0.3) is 11.5 Å². The Hall–Kier alpha value is -3.87. The standard InChI is InChI=1S/C24H21FN2O4/c1-15-20-14-31-21(22(28)26-12-16-7-9-18(25)10-8-16)11-19(20)24(30)27(23(15)29)13-17-5-3-2-4-6-17/h2-11,29H,12-14H2,1H3,(H,26,28). The molecule has 2 N–H and O–H groups in total. The van der Waals surface area contributed by atoms with Crippen molar-refractivity contribution in [1.29, 1.82) is 0 Å². The van der Waals surface area contributed by atoms with Crippen LogP contribution < -0.4 is 10.9 Å². The molecule has 6 nitrogen and oxygen atoms in total. The molecule has 0 saturated carbocycles. The minimum atomic E-state index is -0.477. The van der Waals surface area contributed by atoms with Crippen molar-refractivity contribution in [3.05, 3.63) is 104 Å². The highest BCUT2D eigenvalue weighted by Gasteiger charge is 2.25. The van der Waals surface area contributed by atoms with E-state index in [1.807, 2.05) is 30.3 Å². The van der Waals surface area contributed by atoms with Crippen LogP contribution in [0.5, 0.6) is 5.88 Å². The van der Waals surface area contributed by atoms with Crippen molar-refractivity contribution in [3.8, 4) is 5.88 Å². The van der Waals surface area contributed by atoms with E-state index in [2.05, 4.69) is 5.32 Å². The predicted octanol–water partition coefficient (Wildman–Crippen LogP) is 3.24. The third-order valence-corrected chi connectivity index (χ3v) is 5.27. The van der Waals surface area contributed by atoms with Gasteiger partial charge in [-0.3, -0.25) is 14.2 Å². The molecule has 1 aliphatic heterocycles. The Morgan fingerprint density at radius 1 is 1.13 bits per heavy atom. The summed E-state index contributed by atoms with van der Waals surface area (Å²) in [6, 6.07) is 15.1. The predicted molar refractivity (Wildman–Crippen MR) is 114 cm³/mol. The maximum absolute atomic E-state index is 13.1. The minimum Gasteiger partial charge on any atom is -0.494 e. The van der Waals surface area contributed by atoms with Crippen LogP contribution in [0.1, 0.15) is 27.8 Å². The van der Waals surface area contributed by atoms with Crippen molar-refractivity contribution in [2.24, 2.45) is 0 Å². The number of ether oxygens (including phenoxy) is 1. The molecular formula is C24H21FN2O4. The largest absolute Gasteiger partial charge is 0.494 e. The van der Waals surface area contributed by atoms with Gasteiger partial charge in [0.05, 0.1) is 12.1 Å². The highest BCUT2D eigenvalue weighted by molar-refractivity contribution is 5.96. The number of rotatable bonds is 5. The molecule has 158 valence electrons. The van der Waals surface area contributed by atoms with Crippen molar-refractivity contribution in [1.82, 2.24) is 9.88 Å². The number of nitrogens with one attached hydrogen (secondary N) is 1. The lowest BCUT2D eigenvalue weighted by Crippen LogP contribution is -2.30. The van der Waals surface area contributed by atoms with Crippen LogP contribution in [0.25, 0.3) is 6.08 Å². The first kappa shape index (κ1) is 20.4. The maximum atomic E-state index is 13.1. The summed E-state index contributed by atoms with van der Waals surface area (Å²) in [5.74, 6) is -0.929. The average molecular weight is 420 g/mol. The molecule has 1 aromatic heterocycles. The number of fused-ring (bicyclic) bond motifs is 1. The lowest BCUT2D eigenvalue weighted by molar-refractivity contribution is -0.121. The monoisotopic (exact) mass is 420 g/mol. The SMILES string of the molecule is Cc1c2c(c(=O)n(Cc3ccccc3)c1O)C=C(C(=O)NCc1ccc(F)cc1)OC2. The molecule has 0 atom stereocenters. The van der Waals surface area contributed by atoms with Crippen LogP contribution in [-0.4, -0.2) is 15.6 Å². The lowest BCUT2D eigenvalue weighted by Gasteiger charge is -2.22. The first-order valence-corrected chi connectivity index (χ1v) is 9.80. The molecule has 0 spiro atoms.